The van der Waals surface area contributed by atoms with E-state index in [1.54, 1.807) is 37.3 Å². The van der Waals surface area contributed by atoms with Crippen LogP contribution in [0.3, 0.4) is 0 Å². The Kier molecular flexibility index (Phi) is 5.76. The Morgan fingerprint density at radius 2 is 1.56 bits per heavy atom. The molecule has 0 atom stereocenters. The summed E-state index contributed by atoms with van der Waals surface area (Å²) in [6.07, 6.45) is 0. The van der Waals surface area contributed by atoms with Crippen molar-refractivity contribution >= 4 is 40.4 Å². The van der Waals surface area contributed by atoms with Crippen molar-refractivity contribution in [1.29, 1.82) is 0 Å². The molecule has 1 aliphatic rings. The van der Waals surface area contributed by atoms with Crippen molar-refractivity contribution in [2.45, 2.75) is 20.8 Å². The lowest BCUT2D eigenvalue weighted by Gasteiger charge is -2.18. The summed E-state index contributed by atoms with van der Waals surface area (Å²) in [5.41, 5.74) is 4.94. The van der Waals surface area contributed by atoms with Gasteiger partial charge in [-0.05, 0) is 67.8 Å². The first kappa shape index (κ1) is 21.7. The first-order valence-corrected chi connectivity index (χ1v) is 10.6. The molecule has 2 amide bonds. The van der Waals surface area contributed by atoms with Crippen LogP contribution in [-0.2, 0) is 9.59 Å². The molecule has 0 saturated heterocycles. The molecule has 0 aromatic heterocycles. The van der Waals surface area contributed by atoms with Gasteiger partial charge >= 0.3 is 0 Å². The third-order valence-corrected chi connectivity index (χ3v) is 5.84. The topological polar surface area (TPSA) is 58.6 Å². The van der Waals surface area contributed by atoms with E-state index in [0.717, 1.165) is 16.8 Å². The summed E-state index contributed by atoms with van der Waals surface area (Å²) < 4.78 is 5.50. The Labute approximate surface area is 192 Å². The summed E-state index contributed by atoms with van der Waals surface area (Å²) in [6, 6.07) is 18.3. The maximum absolute atomic E-state index is 13.7. The molecule has 4 rings (SSSR count). The molecule has 0 fully saturated rings. The maximum Gasteiger partial charge on any atom is 0.282 e. The summed E-state index contributed by atoms with van der Waals surface area (Å²) in [6.45, 7) is 5.75. The first-order valence-electron chi connectivity index (χ1n) is 10.2. The van der Waals surface area contributed by atoms with Crippen molar-refractivity contribution in [3.8, 4) is 5.75 Å². The van der Waals surface area contributed by atoms with Crippen molar-refractivity contribution in [1.82, 2.24) is 0 Å². The van der Waals surface area contributed by atoms with Crippen LogP contribution in [0.1, 0.15) is 22.3 Å². The number of nitrogens with one attached hydrogen (secondary N) is 1. The minimum atomic E-state index is -0.444. The van der Waals surface area contributed by atoms with E-state index in [4.69, 9.17) is 16.3 Å². The molecule has 3 aromatic rings. The quantitative estimate of drug-likeness (QED) is 0.513. The van der Waals surface area contributed by atoms with Crippen LogP contribution in [-0.4, -0.2) is 18.9 Å². The molecule has 6 heteroatoms. The summed E-state index contributed by atoms with van der Waals surface area (Å²) >= 11 is 6.29. The van der Waals surface area contributed by atoms with Crippen molar-refractivity contribution in [3.63, 3.8) is 0 Å². The molecule has 1 N–H and O–H groups in total. The zero-order chi connectivity index (χ0) is 23.0. The van der Waals surface area contributed by atoms with Crippen molar-refractivity contribution in [2.75, 3.05) is 17.3 Å². The molecule has 0 saturated carbocycles. The number of aryl methyl sites for hydroxylation is 2. The van der Waals surface area contributed by atoms with Gasteiger partial charge < -0.3 is 10.1 Å². The van der Waals surface area contributed by atoms with Gasteiger partial charge in [-0.1, -0.05) is 41.9 Å². The number of rotatable bonds is 5. The van der Waals surface area contributed by atoms with E-state index in [2.05, 4.69) is 5.32 Å². The zero-order valence-electron chi connectivity index (χ0n) is 18.3. The lowest BCUT2D eigenvalue weighted by Crippen LogP contribution is -2.33. The lowest BCUT2D eigenvalue weighted by atomic mass is 10.0. The van der Waals surface area contributed by atoms with Gasteiger partial charge in [0.2, 0.25) is 0 Å². The first-order chi connectivity index (χ1) is 15.3. The Hall–Kier alpha value is -3.57. The Balaban J connectivity index is 1.91. The summed E-state index contributed by atoms with van der Waals surface area (Å²) in [4.78, 5) is 28.5. The van der Waals surface area contributed by atoms with Crippen LogP contribution in [0.25, 0.3) is 5.57 Å². The molecule has 0 unspecified atom stereocenters. The van der Waals surface area contributed by atoms with Crippen LogP contribution in [0, 0.1) is 20.8 Å². The maximum atomic E-state index is 13.7. The number of imide groups is 1. The highest BCUT2D eigenvalue weighted by molar-refractivity contribution is 6.47. The standard InChI is InChI=1S/C26H23ClN2O3/c1-15-12-16(2)14-18(13-15)28-24-23(19-8-5-6-11-22(19)32-4)25(30)29(26(24)31)21-10-7-9-20(27)17(21)3/h5-14,28H,1-4H3. The molecule has 32 heavy (non-hydrogen) atoms. The van der Waals surface area contributed by atoms with Gasteiger partial charge in [-0.2, -0.15) is 0 Å². The highest BCUT2D eigenvalue weighted by Gasteiger charge is 2.42. The predicted octanol–water partition coefficient (Wildman–Crippen LogP) is 5.67. The van der Waals surface area contributed by atoms with Gasteiger partial charge in [-0.3, -0.25) is 9.59 Å². The number of nitrogens with zero attached hydrogens (tertiary/aromatic N) is 1. The fourth-order valence-corrected chi connectivity index (χ4v) is 4.16. The molecular weight excluding hydrogens is 424 g/mol. The van der Waals surface area contributed by atoms with Crippen LogP contribution < -0.4 is 15.0 Å². The number of carbonyl (C=O) groups excluding carboxylic acids is 2. The van der Waals surface area contributed by atoms with E-state index in [1.165, 1.54) is 12.0 Å². The molecular formula is C26H23ClN2O3. The van der Waals surface area contributed by atoms with Crippen LogP contribution in [0.15, 0.2) is 66.4 Å². The molecule has 0 bridgehead atoms. The minimum absolute atomic E-state index is 0.198. The highest BCUT2D eigenvalue weighted by atomic mass is 35.5. The van der Waals surface area contributed by atoms with Gasteiger partial charge in [0.25, 0.3) is 11.8 Å². The van der Waals surface area contributed by atoms with Crippen molar-refractivity contribution < 1.29 is 14.3 Å². The summed E-state index contributed by atoms with van der Waals surface area (Å²) in [5.74, 6) is -0.370. The average Bonchev–Trinajstić information content (AvgIpc) is 2.99. The SMILES string of the molecule is COc1ccccc1C1=C(Nc2cc(C)cc(C)c2)C(=O)N(c2cccc(Cl)c2C)C1=O. The molecule has 1 heterocycles. The number of amides is 2. The Morgan fingerprint density at radius 3 is 2.25 bits per heavy atom. The molecule has 3 aromatic carbocycles. The van der Waals surface area contributed by atoms with Gasteiger partial charge in [0.05, 0.1) is 18.4 Å². The minimum Gasteiger partial charge on any atom is -0.496 e. The van der Waals surface area contributed by atoms with E-state index in [0.29, 0.717) is 27.6 Å². The largest absolute Gasteiger partial charge is 0.496 e. The number of methoxy groups -OCH3 is 1. The van der Waals surface area contributed by atoms with Crippen molar-refractivity contribution in [2.24, 2.45) is 0 Å². The monoisotopic (exact) mass is 446 g/mol. The number of ether oxygens (including phenoxy) is 1. The average molecular weight is 447 g/mol. The number of benzene rings is 3. The molecule has 162 valence electrons. The van der Waals surface area contributed by atoms with Gasteiger partial charge in [0.1, 0.15) is 11.4 Å². The summed E-state index contributed by atoms with van der Waals surface area (Å²) in [5, 5.41) is 3.70. The van der Waals surface area contributed by atoms with Crippen LogP contribution in [0.2, 0.25) is 5.02 Å². The molecule has 5 nitrogen and oxygen atoms in total. The van der Waals surface area contributed by atoms with E-state index in [1.807, 2.05) is 44.2 Å². The second-order valence-corrected chi connectivity index (χ2v) is 8.19. The van der Waals surface area contributed by atoms with E-state index >= 15 is 0 Å². The van der Waals surface area contributed by atoms with E-state index in [9.17, 15) is 9.59 Å². The fraction of sp³-hybridized carbons (Fsp3) is 0.154. The van der Waals surface area contributed by atoms with Crippen LogP contribution >= 0.6 is 11.6 Å². The third-order valence-electron chi connectivity index (χ3n) is 5.43. The lowest BCUT2D eigenvalue weighted by molar-refractivity contribution is -0.120. The number of hydrogen-bond donors (Lipinski definition) is 1. The molecule has 0 aliphatic carbocycles. The second kappa shape index (κ2) is 8.52. The van der Waals surface area contributed by atoms with Gasteiger partial charge in [0, 0.05) is 16.3 Å². The molecule has 0 radical (unpaired) electrons. The van der Waals surface area contributed by atoms with Crippen molar-refractivity contribution in [3.05, 3.63) is 93.6 Å². The number of anilines is 2. The third kappa shape index (κ3) is 3.76. The molecule has 0 spiro atoms. The molecule has 1 aliphatic heterocycles. The van der Waals surface area contributed by atoms with Crippen LogP contribution in [0.4, 0.5) is 11.4 Å². The summed E-state index contributed by atoms with van der Waals surface area (Å²) in [7, 11) is 1.54. The number of halogens is 1. The Morgan fingerprint density at radius 1 is 0.875 bits per heavy atom. The zero-order valence-corrected chi connectivity index (χ0v) is 19.1. The number of para-hydroxylation sites is 1. The van der Waals surface area contributed by atoms with Gasteiger partial charge in [-0.15, -0.1) is 0 Å². The number of carbonyl (C=O) groups is 2. The highest BCUT2D eigenvalue weighted by Crippen LogP contribution is 2.39. The van der Waals surface area contributed by atoms with E-state index < -0.39 is 11.8 Å². The normalized spacial score (nSPS) is 13.7. The fourth-order valence-electron chi connectivity index (χ4n) is 4.00. The second-order valence-electron chi connectivity index (χ2n) is 7.78. The van der Waals surface area contributed by atoms with Gasteiger partial charge in [0.15, 0.2) is 0 Å². The van der Waals surface area contributed by atoms with E-state index in [-0.39, 0.29) is 11.3 Å². The van der Waals surface area contributed by atoms with Gasteiger partial charge in [-0.25, -0.2) is 4.90 Å². The smallest absolute Gasteiger partial charge is 0.282 e. The number of hydrogen-bond acceptors (Lipinski definition) is 4. The predicted molar refractivity (Wildman–Crippen MR) is 128 cm³/mol. The van der Waals surface area contributed by atoms with Crippen LogP contribution in [0.5, 0.6) is 5.75 Å². The Bertz CT molecular complexity index is 1260.